The molecule has 0 unspecified atom stereocenters. The molecule has 0 bridgehead atoms. The molecule has 0 amide bonds. The molecule has 3 rings (SSSR count). The molecular weight excluding hydrogens is 361 g/mol. The average Bonchev–Trinajstić information content (AvgIpc) is 2.60. The fraction of sp³-hybridized carbons (Fsp3) is 0.500. The van der Waals surface area contributed by atoms with Crippen LogP contribution in [0, 0.1) is 17.2 Å². The van der Waals surface area contributed by atoms with E-state index in [9.17, 15) is 5.26 Å². The zero-order valence-electron chi connectivity index (χ0n) is 14.3. The maximum absolute atomic E-state index is 9.72. The fourth-order valence-electron chi connectivity index (χ4n) is 3.92. The third kappa shape index (κ3) is 3.09. The first kappa shape index (κ1) is 18.3. The molecule has 0 spiro atoms. The van der Waals surface area contributed by atoms with Crippen LogP contribution in [-0.4, -0.2) is 37.4 Å². The summed E-state index contributed by atoms with van der Waals surface area (Å²) in [5.41, 5.74) is 7.31. The lowest BCUT2D eigenvalue weighted by Crippen LogP contribution is -2.58. The Morgan fingerprint density at radius 3 is 2.84 bits per heavy atom. The molecule has 0 aromatic heterocycles. The Kier molecular flexibility index (Phi) is 5.17. The molecule has 134 valence electrons. The standard InChI is InChI=1S/C18H21Cl2N3O2/c1-3-23-7-6-18(24-2)14(10-23)16(13(9-21)17(22)25-18)12-5-4-11(19)8-15(12)20/h4-5,8,14,16H,3,6-7,10,22H2,1-2H3/t14-,16+,18+/m0/s1. The van der Waals surface area contributed by atoms with Crippen molar-refractivity contribution < 1.29 is 9.47 Å². The van der Waals surface area contributed by atoms with E-state index in [1.54, 1.807) is 19.2 Å². The van der Waals surface area contributed by atoms with Gasteiger partial charge in [0.05, 0.1) is 5.57 Å². The molecule has 2 N–H and O–H groups in total. The lowest BCUT2D eigenvalue weighted by Gasteiger charge is -2.51. The topological polar surface area (TPSA) is 71.5 Å². The van der Waals surface area contributed by atoms with Crippen LogP contribution in [0.1, 0.15) is 24.8 Å². The Bertz CT molecular complexity index is 746. The van der Waals surface area contributed by atoms with Crippen molar-refractivity contribution in [1.29, 1.82) is 5.26 Å². The molecule has 2 heterocycles. The van der Waals surface area contributed by atoms with Gasteiger partial charge in [-0.05, 0) is 24.2 Å². The number of hydrogen-bond acceptors (Lipinski definition) is 5. The number of hydrogen-bond donors (Lipinski definition) is 1. The van der Waals surface area contributed by atoms with Crippen LogP contribution in [-0.2, 0) is 9.47 Å². The summed E-state index contributed by atoms with van der Waals surface area (Å²) >= 11 is 12.5. The normalized spacial score (nSPS) is 29.7. The molecule has 0 aliphatic carbocycles. The van der Waals surface area contributed by atoms with E-state index in [-0.39, 0.29) is 17.7 Å². The van der Waals surface area contributed by atoms with Crippen LogP contribution in [0.15, 0.2) is 29.7 Å². The lowest BCUT2D eigenvalue weighted by atomic mass is 9.72. The lowest BCUT2D eigenvalue weighted by molar-refractivity contribution is -0.265. The highest BCUT2D eigenvalue weighted by molar-refractivity contribution is 6.35. The second-order valence-electron chi connectivity index (χ2n) is 6.40. The Labute approximate surface area is 157 Å². The highest BCUT2D eigenvalue weighted by atomic mass is 35.5. The Hall–Kier alpha value is -1.45. The summed E-state index contributed by atoms with van der Waals surface area (Å²) in [5.74, 6) is -1.16. The predicted octanol–water partition coefficient (Wildman–Crippen LogP) is 3.49. The van der Waals surface area contributed by atoms with Gasteiger partial charge in [-0.2, -0.15) is 5.26 Å². The van der Waals surface area contributed by atoms with Crippen LogP contribution >= 0.6 is 23.2 Å². The van der Waals surface area contributed by atoms with Gasteiger partial charge in [-0.25, -0.2) is 0 Å². The van der Waals surface area contributed by atoms with Crippen molar-refractivity contribution in [2.24, 2.45) is 11.7 Å². The van der Waals surface area contributed by atoms with E-state index in [0.29, 0.717) is 22.0 Å². The van der Waals surface area contributed by atoms with Crippen molar-refractivity contribution in [1.82, 2.24) is 4.90 Å². The molecule has 1 aromatic rings. The Morgan fingerprint density at radius 1 is 1.48 bits per heavy atom. The Morgan fingerprint density at radius 2 is 2.24 bits per heavy atom. The number of piperidine rings is 1. The third-order valence-corrected chi connectivity index (χ3v) is 5.83. The van der Waals surface area contributed by atoms with Gasteiger partial charge in [0.25, 0.3) is 0 Å². The number of nitriles is 1. The molecule has 3 atom stereocenters. The van der Waals surface area contributed by atoms with Crippen molar-refractivity contribution in [3.8, 4) is 6.07 Å². The minimum Gasteiger partial charge on any atom is -0.446 e. The highest BCUT2D eigenvalue weighted by Gasteiger charge is 2.54. The molecule has 5 nitrogen and oxygen atoms in total. The van der Waals surface area contributed by atoms with Crippen molar-refractivity contribution in [3.05, 3.63) is 45.3 Å². The van der Waals surface area contributed by atoms with Crippen molar-refractivity contribution in [2.75, 3.05) is 26.7 Å². The molecular formula is C18H21Cl2N3O2. The monoisotopic (exact) mass is 381 g/mol. The van der Waals surface area contributed by atoms with Crippen LogP contribution < -0.4 is 5.73 Å². The van der Waals surface area contributed by atoms with Crippen molar-refractivity contribution in [2.45, 2.75) is 25.0 Å². The van der Waals surface area contributed by atoms with Crippen LogP contribution in [0.3, 0.4) is 0 Å². The second kappa shape index (κ2) is 7.05. The van der Waals surface area contributed by atoms with E-state index in [1.165, 1.54) is 0 Å². The summed E-state index contributed by atoms with van der Waals surface area (Å²) in [6.07, 6.45) is 0.670. The van der Waals surface area contributed by atoms with Gasteiger partial charge in [-0.1, -0.05) is 36.2 Å². The van der Waals surface area contributed by atoms with Gasteiger partial charge < -0.3 is 20.1 Å². The number of methoxy groups -OCH3 is 1. The van der Waals surface area contributed by atoms with Gasteiger partial charge in [0.15, 0.2) is 0 Å². The molecule has 1 fully saturated rings. The molecule has 1 aromatic carbocycles. The van der Waals surface area contributed by atoms with Gasteiger partial charge in [0.2, 0.25) is 11.7 Å². The SMILES string of the molecule is CCN1CC[C@@]2(OC)OC(N)=C(C#N)[C@@H](c3ccc(Cl)cc3Cl)[C@@H]2C1. The molecule has 2 aliphatic heterocycles. The van der Waals surface area contributed by atoms with E-state index in [0.717, 1.165) is 25.2 Å². The van der Waals surface area contributed by atoms with Crippen LogP contribution in [0.2, 0.25) is 10.0 Å². The zero-order chi connectivity index (χ0) is 18.2. The third-order valence-electron chi connectivity index (χ3n) is 5.27. The molecule has 0 radical (unpaired) electrons. The van der Waals surface area contributed by atoms with Crippen molar-refractivity contribution >= 4 is 23.2 Å². The van der Waals surface area contributed by atoms with Gasteiger partial charge in [-0.15, -0.1) is 0 Å². The van der Waals surface area contributed by atoms with Crippen LogP contribution in [0.4, 0.5) is 0 Å². The first-order chi connectivity index (χ1) is 12.0. The average molecular weight is 382 g/mol. The number of nitrogens with zero attached hydrogens (tertiary/aromatic N) is 2. The van der Waals surface area contributed by atoms with Gasteiger partial charge in [0.1, 0.15) is 6.07 Å². The summed E-state index contributed by atoms with van der Waals surface area (Å²) in [5, 5.41) is 10.8. The number of fused-ring (bicyclic) bond motifs is 1. The number of allylic oxidation sites excluding steroid dienone is 1. The predicted molar refractivity (Wildman–Crippen MR) is 97.1 cm³/mol. The first-order valence-corrected chi connectivity index (χ1v) is 9.02. The minimum absolute atomic E-state index is 0.105. The van der Waals surface area contributed by atoms with E-state index in [4.69, 9.17) is 38.4 Å². The van der Waals surface area contributed by atoms with Gasteiger partial charge in [-0.3, -0.25) is 0 Å². The van der Waals surface area contributed by atoms with Crippen molar-refractivity contribution in [3.63, 3.8) is 0 Å². The number of nitrogens with two attached hydrogens (primary N) is 1. The zero-order valence-corrected chi connectivity index (χ0v) is 15.8. The van der Waals surface area contributed by atoms with E-state index < -0.39 is 5.79 Å². The summed E-state index contributed by atoms with van der Waals surface area (Å²) in [4.78, 5) is 2.32. The van der Waals surface area contributed by atoms with E-state index in [1.807, 2.05) is 6.07 Å². The Balaban J connectivity index is 2.16. The molecule has 1 saturated heterocycles. The largest absolute Gasteiger partial charge is 0.446 e. The molecule has 25 heavy (non-hydrogen) atoms. The summed E-state index contributed by atoms with van der Waals surface area (Å²) < 4.78 is 11.8. The second-order valence-corrected chi connectivity index (χ2v) is 7.24. The van der Waals surface area contributed by atoms with E-state index in [2.05, 4.69) is 17.9 Å². The number of ether oxygens (including phenoxy) is 2. The van der Waals surface area contributed by atoms with Crippen LogP contribution in [0.25, 0.3) is 0 Å². The quantitative estimate of drug-likeness (QED) is 0.867. The summed E-state index contributed by atoms with van der Waals surface area (Å²) in [6.45, 7) is 4.60. The molecule has 0 saturated carbocycles. The van der Waals surface area contributed by atoms with Gasteiger partial charge in [0, 0.05) is 48.5 Å². The first-order valence-electron chi connectivity index (χ1n) is 8.27. The van der Waals surface area contributed by atoms with Gasteiger partial charge >= 0.3 is 0 Å². The summed E-state index contributed by atoms with van der Waals surface area (Å²) in [6, 6.07) is 7.54. The number of rotatable bonds is 3. The fourth-order valence-corrected chi connectivity index (χ4v) is 4.45. The highest BCUT2D eigenvalue weighted by Crippen LogP contribution is 2.50. The minimum atomic E-state index is -0.857. The smallest absolute Gasteiger partial charge is 0.218 e. The molecule has 7 heteroatoms. The van der Waals surface area contributed by atoms with Crippen LogP contribution in [0.5, 0.6) is 0 Å². The number of likely N-dealkylation sites (tertiary alicyclic amines) is 1. The number of benzene rings is 1. The molecule has 2 aliphatic rings. The summed E-state index contributed by atoms with van der Waals surface area (Å²) in [7, 11) is 1.62. The maximum Gasteiger partial charge on any atom is 0.218 e. The van der Waals surface area contributed by atoms with E-state index >= 15 is 0 Å². The maximum atomic E-state index is 9.72. The number of halogens is 2.